The number of hydrogen-bond donors (Lipinski definition) is 1. The predicted molar refractivity (Wildman–Crippen MR) is 147 cm³/mol. The first-order chi connectivity index (χ1) is 18.2. The molecule has 0 aliphatic carbocycles. The third-order valence-electron chi connectivity index (χ3n) is 6.23. The summed E-state index contributed by atoms with van der Waals surface area (Å²) in [6.45, 7) is 5.44. The quantitative estimate of drug-likeness (QED) is 0.367. The van der Waals surface area contributed by atoms with E-state index in [1.54, 1.807) is 37.3 Å². The number of nitrogens with one attached hydrogen (secondary N) is 1. The van der Waals surface area contributed by atoms with E-state index in [2.05, 4.69) is 5.32 Å². The van der Waals surface area contributed by atoms with Gasteiger partial charge in [-0.3, -0.25) is 13.9 Å². The second-order valence-electron chi connectivity index (χ2n) is 8.96. The number of carbonyl (C=O) groups excluding carboxylic acids is 2. The number of nitrogens with zero attached hydrogens (tertiary/aromatic N) is 2. The van der Waals surface area contributed by atoms with Crippen molar-refractivity contribution in [1.29, 1.82) is 0 Å². The highest BCUT2D eigenvalue weighted by Gasteiger charge is 2.32. The summed E-state index contributed by atoms with van der Waals surface area (Å²) in [4.78, 5) is 28.0. The Morgan fingerprint density at radius 2 is 1.50 bits per heavy atom. The topological polar surface area (TPSA) is 86.8 Å². The minimum atomic E-state index is -4.11. The summed E-state index contributed by atoms with van der Waals surface area (Å²) in [5.74, 6) is -1.34. The monoisotopic (exact) mass is 539 g/mol. The molecule has 0 bridgehead atoms. The highest BCUT2D eigenvalue weighted by Crippen LogP contribution is 2.25. The Labute approximate surface area is 224 Å². The molecule has 38 heavy (non-hydrogen) atoms. The predicted octanol–water partition coefficient (Wildman–Crippen LogP) is 4.53. The number of benzene rings is 3. The maximum atomic E-state index is 13.8. The Morgan fingerprint density at radius 1 is 0.895 bits per heavy atom. The van der Waals surface area contributed by atoms with Gasteiger partial charge in [0.1, 0.15) is 18.4 Å². The van der Waals surface area contributed by atoms with Crippen LogP contribution in [0.3, 0.4) is 0 Å². The van der Waals surface area contributed by atoms with Crippen molar-refractivity contribution in [3.05, 3.63) is 95.8 Å². The molecule has 3 aromatic rings. The summed E-state index contributed by atoms with van der Waals surface area (Å²) in [5, 5.41) is 2.79. The van der Waals surface area contributed by atoms with E-state index in [1.165, 1.54) is 41.3 Å². The number of sulfonamides is 1. The van der Waals surface area contributed by atoms with E-state index >= 15 is 0 Å². The molecule has 0 aliphatic heterocycles. The number of aryl methyl sites for hydroxylation is 1. The van der Waals surface area contributed by atoms with Crippen LogP contribution in [-0.4, -0.2) is 44.3 Å². The first kappa shape index (κ1) is 28.8. The molecule has 2 amide bonds. The van der Waals surface area contributed by atoms with Crippen molar-refractivity contribution in [2.24, 2.45) is 0 Å². The molecule has 7 nitrogen and oxygen atoms in total. The largest absolute Gasteiger partial charge is 0.354 e. The van der Waals surface area contributed by atoms with Gasteiger partial charge in [-0.05, 0) is 67.3 Å². The molecule has 0 saturated heterocycles. The van der Waals surface area contributed by atoms with Crippen LogP contribution in [0.4, 0.5) is 10.1 Å². The molecule has 3 aromatic carbocycles. The van der Waals surface area contributed by atoms with Crippen LogP contribution < -0.4 is 9.62 Å². The first-order valence-electron chi connectivity index (χ1n) is 12.7. The fourth-order valence-electron chi connectivity index (χ4n) is 3.91. The summed E-state index contributed by atoms with van der Waals surface area (Å²) < 4.78 is 42.0. The average Bonchev–Trinajstić information content (AvgIpc) is 2.94. The second-order valence-corrected chi connectivity index (χ2v) is 10.8. The molecule has 0 fully saturated rings. The van der Waals surface area contributed by atoms with Crippen LogP contribution in [0.5, 0.6) is 0 Å². The van der Waals surface area contributed by atoms with Crippen LogP contribution >= 0.6 is 0 Å². The lowest BCUT2D eigenvalue weighted by molar-refractivity contribution is -0.139. The first-order valence-corrected chi connectivity index (χ1v) is 14.1. The zero-order valence-electron chi connectivity index (χ0n) is 21.9. The Bertz CT molecular complexity index is 1310. The number of hydrogen-bond acceptors (Lipinski definition) is 4. The van der Waals surface area contributed by atoms with E-state index in [-0.39, 0.29) is 17.3 Å². The van der Waals surface area contributed by atoms with Gasteiger partial charge in [-0.25, -0.2) is 12.8 Å². The van der Waals surface area contributed by atoms with E-state index in [0.29, 0.717) is 17.8 Å². The van der Waals surface area contributed by atoms with E-state index in [0.717, 1.165) is 22.7 Å². The molecule has 0 aliphatic rings. The number of halogens is 1. The Morgan fingerprint density at radius 3 is 2.08 bits per heavy atom. The Hall–Kier alpha value is -3.72. The molecule has 0 radical (unpaired) electrons. The zero-order chi connectivity index (χ0) is 27.7. The van der Waals surface area contributed by atoms with Gasteiger partial charge in [0.2, 0.25) is 11.8 Å². The lowest BCUT2D eigenvalue weighted by Crippen LogP contribution is -2.51. The van der Waals surface area contributed by atoms with Crippen LogP contribution in [0.25, 0.3) is 0 Å². The van der Waals surface area contributed by atoms with Crippen molar-refractivity contribution < 1.29 is 22.4 Å². The molecule has 0 saturated carbocycles. The van der Waals surface area contributed by atoms with Crippen LogP contribution in [0, 0.1) is 5.82 Å². The molecule has 1 N–H and O–H groups in total. The van der Waals surface area contributed by atoms with E-state index in [9.17, 15) is 22.4 Å². The van der Waals surface area contributed by atoms with Gasteiger partial charge in [-0.2, -0.15) is 0 Å². The number of anilines is 1. The number of carbonyl (C=O) groups is 2. The normalized spacial score (nSPS) is 12.0. The molecule has 0 unspecified atom stereocenters. The van der Waals surface area contributed by atoms with Crippen LogP contribution in [0.15, 0.2) is 83.8 Å². The van der Waals surface area contributed by atoms with Crippen LogP contribution in [0.2, 0.25) is 0 Å². The molecule has 0 spiro atoms. The maximum absolute atomic E-state index is 13.8. The van der Waals surface area contributed by atoms with Crippen molar-refractivity contribution in [3.8, 4) is 0 Å². The van der Waals surface area contributed by atoms with Gasteiger partial charge in [-0.15, -0.1) is 0 Å². The summed E-state index contributed by atoms with van der Waals surface area (Å²) in [6, 6.07) is 19.6. The number of amides is 2. The third kappa shape index (κ3) is 7.19. The summed E-state index contributed by atoms with van der Waals surface area (Å²) in [7, 11) is -4.11. The van der Waals surface area contributed by atoms with Gasteiger partial charge >= 0.3 is 0 Å². The summed E-state index contributed by atoms with van der Waals surface area (Å²) in [6.07, 6.45) is 1.50. The van der Waals surface area contributed by atoms with Crippen molar-refractivity contribution >= 4 is 27.5 Å². The number of rotatable bonds is 12. The Balaban J connectivity index is 2.00. The minimum absolute atomic E-state index is 0.00776. The van der Waals surface area contributed by atoms with Gasteiger partial charge in [-0.1, -0.05) is 56.3 Å². The standard InChI is InChI=1S/C29H34FN3O4S/c1-4-19-31-29(35)22(3)32(20-24-11-15-25(30)16-12-24)28(34)21-33(26-17-13-23(5-2)14-18-26)38(36,37)27-9-7-6-8-10-27/h6-18,22H,4-5,19-21H2,1-3H3,(H,31,35)/t22-/m0/s1. The van der Waals surface area contributed by atoms with E-state index in [4.69, 9.17) is 0 Å². The van der Waals surface area contributed by atoms with Crippen molar-refractivity contribution in [1.82, 2.24) is 10.2 Å². The SMILES string of the molecule is CCCNC(=O)[C@H](C)N(Cc1ccc(F)cc1)C(=O)CN(c1ccc(CC)cc1)S(=O)(=O)c1ccccc1. The van der Waals surface area contributed by atoms with Gasteiger partial charge in [0, 0.05) is 13.1 Å². The molecule has 3 rings (SSSR count). The van der Waals surface area contributed by atoms with Crippen LogP contribution in [-0.2, 0) is 32.6 Å². The summed E-state index contributed by atoms with van der Waals surface area (Å²) in [5.41, 5.74) is 1.97. The smallest absolute Gasteiger partial charge is 0.264 e. The average molecular weight is 540 g/mol. The highest BCUT2D eigenvalue weighted by molar-refractivity contribution is 7.92. The molecule has 0 heterocycles. The van der Waals surface area contributed by atoms with Gasteiger partial charge in [0.15, 0.2) is 0 Å². The fraction of sp³-hybridized carbons (Fsp3) is 0.310. The lowest BCUT2D eigenvalue weighted by Gasteiger charge is -2.32. The molecule has 0 aromatic heterocycles. The second kappa shape index (κ2) is 13.2. The van der Waals surface area contributed by atoms with Crippen molar-refractivity contribution in [3.63, 3.8) is 0 Å². The molecule has 202 valence electrons. The van der Waals surface area contributed by atoms with Gasteiger partial charge < -0.3 is 10.2 Å². The van der Waals surface area contributed by atoms with Crippen molar-refractivity contribution in [2.75, 3.05) is 17.4 Å². The fourth-order valence-corrected chi connectivity index (χ4v) is 5.35. The summed E-state index contributed by atoms with van der Waals surface area (Å²) >= 11 is 0. The van der Waals surface area contributed by atoms with E-state index in [1.807, 2.05) is 26.0 Å². The zero-order valence-corrected chi connectivity index (χ0v) is 22.7. The van der Waals surface area contributed by atoms with Gasteiger partial charge in [0.05, 0.1) is 10.6 Å². The molecular weight excluding hydrogens is 505 g/mol. The third-order valence-corrected chi connectivity index (χ3v) is 8.01. The lowest BCUT2D eigenvalue weighted by atomic mass is 10.1. The minimum Gasteiger partial charge on any atom is -0.354 e. The maximum Gasteiger partial charge on any atom is 0.264 e. The van der Waals surface area contributed by atoms with E-state index < -0.39 is 34.3 Å². The van der Waals surface area contributed by atoms with Crippen LogP contribution in [0.1, 0.15) is 38.3 Å². The molecule has 1 atom stereocenters. The Kier molecular flexibility index (Phi) is 10.0. The highest BCUT2D eigenvalue weighted by atomic mass is 32.2. The van der Waals surface area contributed by atoms with Crippen molar-refractivity contribution in [2.45, 2.75) is 51.1 Å². The van der Waals surface area contributed by atoms with Gasteiger partial charge in [0.25, 0.3) is 10.0 Å². The molecule has 9 heteroatoms. The molecular formula is C29H34FN3O4S.